The first-order chi connectivity index (χ1) is 12.0. The van der Waals surface area contributed by atoms with Crippen molar-refractivity contribution in [3.05, 3.63) is 65.6 Å². The average Bonchev–Trinajstić information content (AvgIpc) is 3.19. The number of aliphatic carboxylic acids is 1. The lowest BCUT2D eigenvalue weighted by Crippen LogP contribution is -2.15. The van der Waals surface area contributed by atoms with Crippen molar-refractivity contribution in [3.8, 4) is 0 Å². The molecule has 1 aromatic carbocycles. The van der Waals surface area contributed by atoms with Crippen LogP contribution in [0.3, 0.4) is 0 Å². The molecule has 8 nitrogen and oxygen atoms in total. The lowest BCUT2D eigenvalue weighted by molar-refractivity contribution is -0.137. The molecule has 0 atom stereocenters. The molecule has 0 aliphatic carbocycles. The molecule has 0 bridgehead atoms. The Kier molecular flexibility index (Phi) is 4.60. The van der Waals surface area contributed by atoms with E-state index in [0.717, 1.165) is 5.56 Å². The van der Waals surface area contributed by atoms with Crippen molar-refractivity contribution in [2.75, 3.05) is 5.32 Å². The molecule has 0 aliphatic heterocycles. The molecule has 3 rings (SSSR count). The molecule has 2 aromatic heterocycles. The maximum absolute atomic E-state index is 12.1. The van der Waals surface area contributed by atoms with Crippen LogP contribution in [0.1, 0.15) is 21.6 Å². The van der Waals surface area contributed by atoms with Gasteiger partial charge in [-0.05, 0) is 18.6 Å². The summed E-state index contributed by atoms with van der Waals surface area (Å²) in [5.41, 5.74) is 2.44. The molecule has 2 N–H and O–H groups in total. The van der Waals surface area contributed by atoms with Crippen molar-refractivity contribution < 1.29 is 14.7 Å². The largest absolute Gasteiger partial charge is 0.480 e. The molecule has 0 fully saturated rings. The minimum Gasteiger partial charge on any atom is -0.480 e. The third kappa shape index (κ3) is 4.31. The highest BCUT2D eigenvalue weighted by atomic mass is 16.4. The van der Waals surface area contributed by atoms with Gasteiger partial charge < -0.3 is 10.4 Å². The molecule has 0 saturated carbocycles. The summed E-state index contributed by atoms with van der Waals surface area (Å²) in [5, 5.41) is 19.6. The van der Waals surface area contributed by atoms with Crippen LogP contribution in [-0.2, 0) is 17.9 Å². The Labute approximate surface area is 143 Å². The zero-order valence-corrected chi connectivity index (χ0v) is 13.6. The number of nitrogens with zero attached hydrogens (tertiary/aromatic N) is 4. The van der Waals surface area contributed by atoms with Crippen LogP contribution < -0.4 is 5.32 Å². The van der Waals surface area contributed by atoms with E-state index in [1.54, 1.807) is 16.9 Å². The molecule has 0 radical (unpaired) electrons. The molecule has 0 spiro atoms. The van der Waals surface area contributed by atoms with Gasteiger partial charge >= 0.3 is 5.97 Å². The molecule has 0 unspecified atom stereocenters. The number of carboxylic acid groups (broad SMARTS) is 1. The standard InChI is InChI=1S/C17H17N5O3/c1-12-2-4-13(5-3-12)10-21-9-7-15(20-21)18-17(25)14-6-8-22(19-14)11-16(23)24/h2-9H,10-11H2,1H3,(H,23,24)(H,18,20,25). The summed E-state index contributed by atoms with van der Waals surface area (Å²) in [6, 6.07) is 11.3. The SMILES string of the molecule is Cc1ccc(Cn2ccc(NC(=O)c3ccn(CC(=O)O)n3)n2)cc1. The first-order valence-corrected chi connectivity index (χ1v) is 7.65. The van der Waals surface area contributed by atoms with E-state index < -0.39 is 11.9 Å². The quantitative estimate of drug-likeness (QED) is 0.712. The van der Waals surface area contributed by atoms with Crippen molar-refractivity contribution >= 4 is 17.7 Å². The van der Waals surface area contributed by atoms with Crippen LogP contribution in [0.15, 0.2) is 48.8 Å². The fourth-order valence-corrected chi connectivity index (χ4v) is 2.29. The highest BCUT2D eigenvalue weighted by Gasteiger charge is 2.12. The van der Waals surface area contributed by atoms with E-state index in [2.05, 4.69) is 15.5 Å². The number of amides is 1. The van der Waals surface area contributed by atoms with E-state index in [4.69, 9.17) is 5.11 Å². The van der Waals surface area contributed by atoms with Gasteiger partial charge in [-0.2, -0.15) is 10.2 Å². The Morgan fingerprint density at radius 3 is 2.48 bits per heavy atom. The van der Waals surface area contributed by atoms with Gasteiger partial charge in [-0.1, -0.05) is 29.8 Å². The Morgan fingerprint density at radius 2 is 1.76 bits per heavy atom. The second-order valence-electron chi connectivity index (χ2n) is 5.63. The summed E-state index contributed by atoms with van der Waals surface area (Å²) in [7, 11) is 0. The van der Waals surface area contributed by atoms with Gasteiger partial charge in [0.05, 0.1) is 6.54 Å². The number of carbonyl (C=O) groups excluding carboxylic acids is 1. The van der Waals surface area contributed by atoms with Crippen molar-refractivity contribution in [2.24, 2.45) is 0 Å². The number of rotatable bonds is 6. The van der Waals surface area contributed by atoms with Gasteiger partial charge in [-0.25, -0.2) is 0 Å². The Hall–Kier alpha value is -3.42. The van der Waals surface area contributed by atoms with Gasteiger partial charge in [-0.3, -0.25) is 19.0 Å². The molecule has 0 aliphatic rings. The minimum atomic E-state index is -1.02. The summed E-state index contributed by atoms with van der Waals surface area (Å²) >= 11 is 0. The Morgan fingerprint density at radius 1 is 1.04 bits per heavy atom. The Bertz CT molecular complexity index is 895. The van der Waals surface area contributed by atoms with Gasteiger partial charge in [0.1, 0.15) is 6.54 Å². The molecule has 25 heavy (non-hydrogen) atoms. The highest BCUT2D eigenvalue weighted by molar-refractivity contribution is 6.02. The summed E-state index contributed by atoms with van der Waals surface area (Å²) in [4.78, 5) is 22.8. The van der Waals surface area contributed by atoms with E-state index in [0.29, 0.717) is 12.4 Å². The maximum Gasteiger partial charge on any atom is 0.325 e. The van der Waals surface area contributed by atoms with E-state index in [1.165, 1.54) is 22.5 Å². The second kappa shape index (κ2) is 7.00. The first kappa shape index (κ1) is 16.4. The van der Waals surface area contributed by atoms with Crippen molar-refractivity contribution in [1.82, 2.24) is 19.6 Å². The van der Waals surface area contributed by atoms with Gasteiger partial charge in [0.2, 0.25) is 0 Å². The molecule has 128 valence electrons. The number of carbonyl (C=O) groups is 2. The zero-order chi connectivity index (χ0) is 17.8. The number of anilines is 1. The topological polar surface area (TPSA) is 102 Å². The number of nitrogens with one attached hydrogen (secondary N) is 1. The molecule has 8 heteroatoms. The lowest BCUT2D eigenvalue weighted by atomic mass is 10.1. The first-order valence-electron chi connectivity index (χ1n) is 7.65. The van der Waals surface area contributed by atoms with E-state index in [1.807, 2.05) is 31.2 Å². The van der Waals surface area contributed by atoms with E-state index in [-0.39, 0.29) is 12.2 Å². The van der Waals surface area contributed by atoms with Crippen LogP contribution in [0.25, 0.3) is 0 Å². The highest BCUT2D eigenvalue weighted by Crippen LogP contribution is 2.09. The van der Waals surface area contributed by atoms with E-state index in [9.17, 15) is 9.59 Å². The summed E-state index contributed by atoms with van der Waals surface area (Å²) in [6.07, 6.45) is 3.22. The maximum atomic E-state index is 12.1. The van der Waals surface area contributed by atoms with Crippen LogP contribution in [0, 0.1) is 6.92 Å². The predicted octanol–water partition coefficient (Wildman–Crippen LogP) is 1.77. The van der Waals surface area contributed by atoms with Gasteiger partial charge in [0.25, 0.3) is 5.91 Å². The molecular weight excluding hydrogens is 322 g/mol. The van der Waals surface area contributed by atoms with Crippen LogP contribution in [0.4, 0.5) is 5.82 Å². The number of carboxylic acids is 1. The monoisotopic (exact) mass is 339 g/mol. The number of benzene rings is 1. The molecule has 0 saturated heterocycles. The van der Waals surface area contributed by atoms with Gasteiger partial charge in [-0.15, -0.1) is 0 Å². The fraction of sp³-hybridized carbons (Fsp3) is 0.176. The minimum absolute atomic E-state index is 0.134. The molecule has 2 heterocycles. The molecule has 3 aromatic rings. The smallest absolute Gasteiger partial charge is 0.325 e. The third-order valence-electron chi connectivity index (χ3n) is 3.52. The van der Waals surface area contributed by atoms with Crippen molar-refractivity contribution in [2.45, 2.75) is 20.0 Å². The summed E-state index contributed by atoms with van der Waals surface area (Å²) < 4.78 is 2.91. The molecular formula is C17H17N5O3. The lowest BCUT2D eigenvalue weighted by Gasteiger charge is -2.03. The number of aromatic nitrogens is 4. The molecule has 1 amide bonds. The number of hydrogen-bond acceptors (Lipinski definition) is 4. The number of aryl methyl sites for hydroxylation is 1. The van der Waals surface area contributed by atoms with Crippen molar-refractivity contribution in [1.29, 1.82) is 0 Å². The predicted molar refractivity (Wildman–Crippen MR) is 90.3 cm³/mol. The summed E-state index contributed by atoms with van der Waals surface area (Å²) in [5.74, 6) is -1.06. The van der Waals surface area contributed by atoms with Crippen molar-refractivity contribution in [3.63, 3.8) is 0 Å². The average molecular weight is 339 g/mol. The second-order valence-corrected chi connectivity index (χ2v) is 5.63. The number of hydrogen-bond donors (Lipinski definition) is 2. The van der Waals surface area contributed by atoms with Gasteiger partial charge in [0.15, 0.2) is 11.5 Å². The van der Waals surface area contributed by atoms with Crippen LogP contribution in [-0.4, -0.2) is 36.5 Å². The third-order valence-corrected chi connectivity index (χ3v) is 3.52. The van der Waals surface area contributed by atoms with E-state index >= 15 is 0 Å². The summed E-state index contributed by atoms with van der Waals surface area (Å²) in [6.45, 7) is 2.34. The van der Waals surface area contributed by atoms with Gasteiger partial charge in [0, 0.05) is 18.5 Å². The Balaban J connectivity index is 1.62. The normalized spacial score (nSPS) is 10.6. The fourth-order valence-electron chi connectivity index (χ4n) is 2.29. The van der Waals surface area contributed by atoms with Crippen LogP contribution >= 0.6 is 0 Å². The van der Waals surface area contributed by atoms with Crippen LogP contribution in [0.5, 0.6) is 0 Å². The zero-order valence-electron chi connectivity index (χ0n) is 13.6. The van der Waals surface area contributed by atoms with Crippen LogP contribution in [0.2, 0.25) is 0 Å².